The average Bonchev–Trinajstić information content (AvgIpc) is 2.78. The number of benzene rings is 1. The van der Waals surface area contributed by atoms with E-state index in [9.17, 15) is 14.4 Å². The predicted molar refractivity (Wildman–Crippen MR) is 92.5 cm³/mol. The molecule has 0 bridgehead atoms. The summed E-state index contributed by atoms with van der Waals surface area (Å²) in [6.07, 6.45) is 3.81. The van der Waals surface area contributed by atoms with Crippen molar-refractivity contribution < 1.29 is 9.59 Å². The summed E-state index contributed by atoms with van der Waals surface area (Å²) in [5.41, 5.74) is 0.706. The van der Waals surface area contributed by atoms with Crippen LogP contribution in [0.5, 0.6) is 0 Å². The van der Waals surface area contributed by atoms with Gasteiger partial charge in [-0.15, -0.1) is 0 Å². The highest BCUT2D eigenvalue weighted by molar-refractivity contribution is 5.96. The number of nitrogens with zero attached hydrogens (tertiary/aromatic N) is 3. The topological polar surface area (TPSA) is 98.0 Å². The van der Waals surface area contributed by atoms with E-state index in [4.69, 9.17) is 0 Å². The van der Waals surface area contributed by atoms with Gasteiger partial charge in [0.25, 0.3) is 5.91 Å². The molecule has 2 amide bonds. The Morgan fingerprint density at radius 3 is 2.88 bits per heavy atom. The summed E-state index contributed by atoms with van der Waals surface area (Å²) in [5, 5.41) is 9.53. The third-order valence-corrected chi connectivity index (χ3v) is 4.21. The van der Waals surface area contributed by atoms with Gasteiger partial charge in [0.1, 0.15) is 12.4 Å². The third-order valence-electron chi connectivity index (χ3n) is 4.21. The van der Waals surface area contributed by atoms with Crippen LogP contribution in [0.3, 0.4) is 0 Å². The zero-order valence-corrected chi connectivity index (χ0v) is 14.1. The molecule has 8 nitrogen and oxygen atoms in total. The fourth-order valence-electron chi connectivity index (χ4n) is 2.95. The van der Waals surface area contributed by atoms with Crippen LogP contribution in [0.1, 0.15) is 35.4 Å². The molecule has 0 fully saturated rings. The van der Waals surface area contributed by atoms with Crippen LogP contribution >= 0.6 is 0 Å². The highest BCUT2D eigenvalue weighted by Crippen LogP contribution is 2.12. The molecule has 0 saturated carbocycles. The summed E-state index contributed by atoms with van der Waals surface area (Å²) < 4.78 is 2.87. The molecule has 2 heterocycles. The van der Waals surface area contributed by atoms with Crippen LogP contribution in [0.4, 0.5) is 5.69 Å². The van der Waals surface area contributed by atoms with Gasteiger partial charge >= 0.3 is 5.69 Å². The molecule has 8 heteroatoms. The van der Waals surface area contributed by atoms with Gasteiger partial charge in [-0.25, -0.2) is 9.48 Å². The van der Waals surface area contributed by atoms with Gasteiger partial charge in [0.2, 0.25) is 5.91 Å². The molecule has 3 rings (SSSR count). The Morgan fingerprint density at radius 2 is 2.08 bits per heavy atom. The Kier molecular flexibility index (Phi) is 4.97. The van der Waals surface area contributed by atoms with Gasteiger partial charge in [-0.05, 0) is 31.0 Å². The fourth-order valence-corrected chi connectivity index (χ4v) is 2.95. The number of rotatable bonds is 4. The van der Waals surface area contributed by atoms with Crippen molar-refractivity contribution in [2.24, 2.45) is 0 Å². The predicted octanol–water partition coefficient (Wildman–Crippen LogP) is 0.769. The SMILES string of the molecule is CNC(=O)c1cccc(NC(=O)Cn2nc3n(c2=O)CCCCC3)c1. The minimum atomic E-state index is -0.357. The van der Waals surface area contributed by atoms with Crippen LogP contribution in [-0.4, -0.2) is 33.2 Å². The van der Waals surface area contributed by atoms with E-state index in [0.29, 0.717) is 17.8 Å². The van der Waals surface area contributed by atoms with E-state index in [1.165, 1.54) is 4.68 Å². The van der Waals surface area contributed by atoms with Gasteiger partial charge in [0.05, 0.1) is 0 Å². The number of anilines is 1. The lowest BCUT2D eigenvalue weighted by atomic mass is 10.2. The van der Waals surface area contributed by atoms with Crippen molar-refractivity contribution in [1.29, 1.82) is 0 Å². The van der Waals surface area contributed by atoms with Crippen LogP contribution < -0.4 is 16.3 Å². The van der Waals surface area contributed by atoms with E-state index in [1.54, 1.807) is 35.9 Å². The molecule has 0 atom stereocenters. The maximum absolute atomic E-state index is 12.4. The summed E-state index contributed by atoms with van der Waals surface area (Å²) in [7, 11) is 1.54. The van der Waals surface area contributed by atoms with E-state index in [1.807, 2.05) is 0 Å². The highest BCUT2D eigenvalue weighted by atomic mass is 16.2. The number of aromatic nitrogens is 3. The molecule has 0 spiro atoms. The molecule has 2 N–H and O–H groups in total. The number of aryl methyl sites for hydroxylation is 1. The van der Waals surface area contributed by atoms with Crippen LogP contribution in [0.25, 0.3) is 0 Å². The van der Waals surface area contributed by atoms with Crippen LogP contribution in [0.15, 0.2) is 29.1 Å². The number of nitrogens with one attached hydrogen (secondary N) is 2. The standard InChI is InChI=1S/C17H21N5O3/c1-18-16(24)12-6-5-7-13(10-12)19-15(23)11-22-17(25)21-9-4-2-3-8-14(21)20-22/h5-7,10H,2-4,8-9,11H2,1H3,(H,18,24)(H,19,23). The molecule has 1 aliphatic rings. The van der Waals surface area contributed by atoms with Crippen molar-refractivity contribution >= 4 is 17.5 Å². The fraction of sp³-hybridized carbons (Fsp3) is 0.412. The van der Waals surface area contributed by atoms with Gasteiger partial charge < -0.3 is 10.6 Å². The Bertz CT molecular complexity index is 852. The van der Waals surface area contributed by atoms with Crippen molar-refractivity contribution in [3.8, 4) is 0 Å². The maximum atomic E-state index is 12.4. The molecule has 2 aromatic rings. The lowest BCUT2D eigenvalue weighted by molar-refractivity contribution is -0.117. The maximum Gasteiger partial charge on any atom is 0.346 e. The molecular formula is C17H21N5O3. The minimum absolute atomic E-state index is 0.150. The molecule has 0 unspecified atom stereocenters. The van der Waals surface area contributed by atoms with E-state index in [-0.39, 0.29) is 24.0 Å². The molecule has 1 aliphatic heterocycles. The molecule has 25 heavy (non-hydrogen) atoms. The highest BCUT2D eigenvalue weighted by Gasteiger charge is 2.17. The Morgan fingerprint density at radius 1 is 1.24 bits per heavy atom. The summed E-state index contributed by atoms with van der Waals surface area (Å²) in [6, 6.07) is 6.62. The molecule has 0 saturated heterocycles. The average molecular weight is 343 g/mol. The second-order valence-electron chi connectivity index (χ2n) is 6.03. The zero-order chi connectivity index (χ0) is 17.8. The molecule has 132 valence electrons. The monoisotopic (exact) mass is 343 g/mol. The number of carbonyl (C=O) groups excluding carboxylic acids is 2. The summed E-state index contributed by atoms with van der Waals surface area (Å²) >= 11 is 0. The summed E-state index contributed by atoms with van der Waals surface area (Å²) in [6.45, 7) is 0.507. The van der Waals surface area contributed by atoms with Crippen molar-refractivity contribution in [3.05, 3.63) is 46.1 Å². The van der Waals surface area contributed by atoms with Crippen molar-refractivity contribution in [2.45, 2.75) is 38.8 Å². The number of hydrogen-bond donors (Lipinski definition) is 2. The van der Waals surface area contributed by atoms with Crippen LogP contribution in [-0.2, 0) is 24.3 Å². The normalized spacial score (nSPS) is 13.6. The number of carbonyl (C=O) groups is 2. The zero-order valence-electron chi connectivity index (χ0n) is 14.1. The molecule has 1 aromatic heterocycles. The van der Waals surface area contributed by atoms with E-state index in [2.05, 4.69) is 15.7 Å². The summed E-state index contributed by atoms with van der Waals surface area (Å²) in [5.74, 6) is 0.159. The lowest BCUT2D eigenvalue weighted by Crippen LogP contribution is -2.30. The molecule has 0 aliphatic carbocycles. The number of hydrogen-bond acceptors (Lipinski definition) is 4. The number of fused-ring (bicyclic) bond motifs is 1. The second kappa shape index (κ2) is 7.33. The largest absolute Gasteiger partial charge is 0.355 e. The second-order valence-corrected chi connectivity index (χ2v) is 6.03. The van der Waals surface area contributed by atoms with Crippen LogP contribution in [0.2, 0.25) is 0 Å². The van der Waals surface area contributed by atoms with Crippen molar-refractivity contribution in [1.82, 2.24) is 19.7 Å². The Labute approximate surface area is 144 Å². The third kappa shape index (κ3) is 3.78. The first kappa shape index (κ1) is 16.9. The first-order valence-corrected chi connectivity index (χ1v) is 8.37. The van der Waals surface area contributed by atoms with Gasteiger partial charge in [0, 0.05) is 31.3 Å². The smallest absolute Gasteiger partial charge is 0.346 e. The van der Waals surface area contributed by atoms with Gasteiger partial charge in [-0.1, -0.05) is 12.5 Å². The van der Waals surface area contributed by atoms with E-state index < -0.39 is 0 Å². The molecule has 0 radical (unpaired) electrons. The molecular weight excluding hydrogens is 322 g/mol. The Hall–Kier alpha value is -2.90. The van der Waals surface area contributed by atoms with E-state index >= 15 is 0 Å². The minimum Gasteiger partial charge on any atom is -0.355 e. The quantitative estimate of drug-likeness (QED) is 0.857. The van der Waals surface area contributed by atoms with Gasteiger partial charge in [-0.2, -0.15) is 5.10 Å². The number of amides is 2. The van der Waals surface area contributed by atoms with Crippen LogP contribution in [0, 0.1) is 0 Å². The van der Waals surface area contributed by atoms with E-state index in [0.717, 1.165) is 31.5 Å². The van der Waals surface area contributed by atoms with Gasteiger partial charge in [-0.3, -0.25) is 14.2 Å². The van der Waals surface area contributed by atoms with Crippen molar-refractivity contribution in [3.63, 3.8) is 0 Å². The van der Waals surface area contributed by atoms with Gasteiger partial charge in [0.15, 0.2) is 0 Å². The van der Waals surface area contributed by atoms with Crippen molar-refractivity contribution in [2.75, 3.05) is 12.4 Å². The molecule has 1 aromatic carbocycles. The lowest BCUT2D eigenvalue weighted by Gasteiger charge is -2.07. The summed E-state index contributed by atoms with van der Waals surface area (Å²) in [4.78, 5) is 36.3. The first-order chi connectivity index (χ1) is 12.1. The Balaban J connectivity index is 1.71. The first-order valence-electron chi connectivity index (χ1n) is 8.37.